The normalized spacial score (nSPS) is 21.8. The molecule has 0 heterocycles. The van der Waals surface area contributed by atoms with Crippen LogP contribution in [-0.2, 0) is 4.79 Å². The third kappa shape index (κ3) is 3.38. The summed E-state index contributed by atoms with van der Waals surface area (Å²) in [5.41, 5.74) is 4.94. The van der Waals surface area contributed by atoms with Crippen molar-refractivity contribution in [2.24, 2.45) is 5.73 Å². The largest absolute Gasteiger partial charge is 0.385 e. The molecule has 1 fully saturated rings. The highest BCUT2D eigenvalue weighted by Crippen LogP contribution is 2.25. The number of carbonyl (C=O) groups excluding carboxylic acids is 1. The van der Waals surface area contributed by atoms with Crippen LogP contribution in [-0.4, -0.2) is 35.6 Å². The Morgan fingerprint density at radius 1 is 1.38 bits per heavy atom. The third-order valence-corrected chi connectivity index (χ3v) is 2.96. The molecule has 0 saturated heterocycles. The molecule has 6 heteroatoms. The topological polar surface area (TPSA) is 75.4 Å². The molecule has 1 amide bonds. The minimum atomic E-state index is -2.85. The predicted molar refractivity (Wildman–Crippen MR) is 55.0 cm³/mol. The van der Waals surface area contributed by atoms with Crippen LogP contribution in [0.15, 0.2) is 0 Å². The quantitative estimate of drug-likeness (QED) is 0.661. The maximum Gasteiger partial charge on any atom is 0.265 e. The summed E-state index contributed by atoms with van der Waals surface area (Å²) < 4.78 is 24.0. The van der Waals surface area contributed by atoms with Gasteiger partial charge in [0.2, 0.25) is 5.91 Å². The lowest BCUT2D eigenvalue weighted by atomic mass is 9.82. The van der Waals surface area contributed by atoms with Crippen LogP contribution in [0.25, 0.3) is 0 Å². The van der Waals surface area contributed by atoms with Gasteiger partial charge in [-0.15, -0.1) is 0 Å². The summed E-state index contributed by atoms with van der Waals surface area (Å²) in [5.74, 6) is -0.438. The number of nitrogens with two attached hydrogens (primary N) is 1. The molecule has 1 unspecified atom stereocenters. The number of hydrogen-bond donors (Lipinski definition) is 3. The zero-order valence-electron chi connectivity index (χ0n) is 9.09. The first-order valence-corrected chi connectivity index (χ1v) is 5.49. The van der Waals surface area contributed by atoms with Gasteiger partial charge in [-0.1, -0.05) is 19.3 Å². The third-order valence-electron chi connectivity index (χ3n) is 2.96. The van der Waals surface area contributed by atoms with Crippen molar-refractivity contribution in [3.63, 3.8) is 0 Å². The van der Waals surface area contributed by atoms with Crippen LogP contribution < -0.4 is 11.1 Å². The van der Waals surface area contributed by atoms with E-state index >= 15 is 0 Å². The Balaban J connectivity index is 2.39. The second-order valence-electron chi connectivity index (χ2n) is 4.33. The Morgan fingerprint density at radius 2 is 1.94 bits per heavy atom. The van der Waals surface area contributed by atoms with E-state index in [1.807, 2.05) is 0 Å². The first-order valence-electron chi connectivity index (χ1n) is 5.49. The molecule has 1 saturated carbocycles. The van der Waals surface area contributed by atoms with Crippen LogP contribution in [0.5, 0.6) is 0 Å². The van der Waals surface area contributed by atoms with Crippen LogP contribution in [0.3, 0.4) is 0 Å². The lowest BCUT2D eigenvalue weighted by Gasteiger charge is -2.32. The Labute approximate surface area is 93.2 Å². The monoisotopic (exact) mass is 236 g/mol. The standard InChI is InChI=1S/C10H18F2N2O2/c11-8(12)7(15)6-14-9(16)10(13)4-2-1-3-5-10/h7-8,15H,1-6,13H2,(H,14,16). The van der Waals surface area contributed by atoms with Crippen molar-refractivity contribution in [3.8, 4) is 0 Å². The van der Waals surface area contributed by atoms with Crippen molar-refractivity contribution in [1.29, 1.82) is 0 Å². The van der Waals surface area contributed by atoms with Gasteiger partial charge in [0.1, 0.15) is 6.10 Å². The number of aliphatic hydroxyl groups is 1. The Hall–Kier alpha value is -0.750. The zero-order chi connectivity index (χ0) is 12.2. The van der Waals surface area contributed by atoms with E-state index < -0.39 is 30.5 Å². The summed E-state index contributed by atoms with van der Waals surface area (Å²) in [6, 6.07) is 0. The van der Waals surface area contributed by atoms with Gasteiger partial charge in [-0.2, -0.15) is 0 Å². The lowest BCUT2D eigenvalue weighted by Crippen LogP contribution is -2.56. The summed E-state index contributed by atoms with van der Waals surface area (Å²) in [6.07, 6.45) is -0.724. The van der Waals surface area contributed by atoms with Gasteiger partial charge < -0.3 is 16.2 Å². The van der Waals surface area contributed by atoms with Gasteiger partial charge in [0, 0.05) is 6.54 Å². The van der Waals surface area contributed by atoms with E-state index in [1.54, 1.807) is 0 Å². The summed E-state index contributed by atoms with van der Waals surface area (Å²) in [6.45, 7) is -0.449. The van der Waals surface area contributed by atoms with Gasteiger partial charge in [-0.3, -0.25) is 4.79 Å². The Bertz CT molecular complexity index is 243. The minimum Gasteiger partial charge on any atom is -0.385 e. The van der Waals surface area contributed by atoms with Crippen molar-refractivity contribution in [1.82, 2.24) is 5.32 Å². The molecule has 4 N–H and O–H groups in total. The number of amides is 1. The second kappa shape index (κ2) is 5.54. The summed E-state index contributed by atoms with van der Waals surface area (Å²) >= 11 is 0. The van der Waals surface area contributed by atoms with Gasteiger partial charge in [0.15, 0.2) is 0 Å². The number of alkyl halides is 2. The van der Waals surface area contributed by atoms with E-state index in [0.29, 0.717) is 12.8 Å². The molecular formula is C10H18F2N2O2. The van der Waals surface area contributed by atoms with E-state index in [-0.39, 0.29) is 0 Å². The maximum absolute atomic E-state index is 12.0. The average Bonchev–Trinajstić information content (AvgIpc) is 2.26. The first kappa shape index (κ1) is 13.3. The molecule has 0 bridgehead atoms. The number of halogens is 2. The zero-order valence-corrected chi connectivity index (χ0v) is 9.09. The van der Waals surface area contributed by atoms with Gasteiger partial charge in [-0.05, 0) is 12.8 Å². The molecule has 4 nitrogen and oxygen atoms in total. The highest BCUT2D eigenvalue weighted by atomic mass is 19.3. The van der Waals surface area contributed by atoms with Crippen LogP contribution in [0.2, 0.25) is 0 Å². The maximum atomic E-state index is 12.0. The molecular weight excluding hydrogens is 218 g/mol. The minimum absolute atomic E-state index is 0.438. The van der Waals surface area contributed by atoms with Crippen LogP contribution in [0.1, 0.15) is 32.1 Å². The SMILES string of the molecule is NC1(C(=O)NCC(O)C(F)F)CCCCC1. The van der Waals surface area contributed by atoms with Crippen molar-refractivity contribution in [2.75, 3.05) is 6.54 Å². The van der Waals surface area contributed by atoms with E-state index in [4.69, 9.17) is 10.8 Å². The highest BCUT2D eigenvalue weighted by molar-refractivity contribution is 5.86. The van der Waals surface area contributed by atoms with E-state index in [1.165, 1.54) is 0 Å². The molecule has 1 atom stereocenters. The number of rotatable bonds is 4. The molecule has 0 radical (unpaired) electrons. The van der Waals surface area contributed by atoms with E-state index in [9.17, 15) is 13.6 Å². The molecule has 0 aromatic rings. The van der Waals surface area contributed by atoms with Gasteiger partial charge in [0.05, 0.1) is 5.54 Å². The molecule has 0 aliphatic heterocycles. The number of hydrogen-bond acceptors (Lipinski definition) is 3. The number of nitrogens with one attached hydrogen (secondary N) is 1. The highest BCUT2D eigenvalue weighted by Gasteiger charge is 2.35. The molecule has 0 aromatic carbocycles. The second-order valence-corrected chi connectivity index (χ2v) is 4.33. The fourth-order valence-electron chi connectivity index (χ4n) is 1.87. The Kier molecular flexibility index (Phi) is 4.61. The Morgan fingerprint density at radius 3 is 2.44 bits per heavy atom. The molecule has 16 heavy (non-hydrogen) atoms. The van der Waals surface area contributed by atoms with E-state index in [0.717, 1.165) is 19.3 Å². The lowest BCUT2D eigenvalue weighted by molar-refractivity contribution is -0.128. The van der Waals surface area contributed by atoms with Crippen LogP contribution in [0, 0.1) is 0 Å². The number of carbonyl (C=O) groups is 1. The van der Waals surface area contributed by atoms with Gasteiger partial charge >= 0.3 is 0 Å². The first-order chi connectivity index (χ1) is 7.46. The van der Waals surface area contributed by atoms with Crippen molar-refractivity contribution < 1.29 is 18.7 Å². The van der Waals surface area contributed by atoms with Gasteiger partial charge in [-0.25, -0.2) is 8.78 Å². The van der Waals surface area contributed by atoms with Crippen LogP contribution >= 0.6 is 0 Å². The predicted octanol–water partition coefficient (Wildman–Crippen LogP) is 0.390. The van der Waals surface area contributed by atoms with Crippen molar-refractivity contribution in [3.05, 3.63) is 0 Å². The number of aliphatic hydroxyl groups excluding tert-OH is 1. The molecule has 1 aliphatic rings. The molecule has 94 valence electrons. The smallest absolute Gasteiger partial charge is 0.265 e. The van der Waals surface area contributed by atoms with Gasteiger partial charge in [0.25, 0.3) is 6.43 Å². The summed E-state index contributed by atoms with van der Waals surface area (Å²) in [5, 5.41) is 11.1. The van der Waals surface area contributed by atoms with Crippen molar-refractivity contribution >= 4 is 5.91 Å². The van der Waals surface area contributed by atoms with Crippen LogP contribution in [0.4, 0.5) is 8.78 Å². The average molecular weight is 236 g/mol. The van der Waals surface area contributed by atoms with Crippen molar-refractivity contribution in [2.45, 2.75) is 50.2 Å². The fraction of sp³-hybridized carbons (Fsp3) is 0.900. The fourth-order valence-corrected chi connectivity index (χ4v) is 1.87. The summed E-state index contributed by atoms with van der Waals surface area (Å²) in [4.78, 5) is 11.7. The van der Waals surface area contributed by atoms with E-state index in [2.05, 4.69) is 5.32 Å². The molecule has 0 spiro atoms. The molecule has 0 aromatic heterocycles. The summed E-state index contributed by atoms with van der Waals surface area (Å²) in [7, 11) is 0. The molecule has 1 aliphatic carbocycles. The molecule has 1 rings (SSSR count).